The monoisotopic (exact) mass is 296 g/mol. The Hall–Kier alpha value is -0.610. The summed E-state index contributed by atoms with van der Waals surface area (Å²) < 4.78 is 4.16. The van der Waals surface area contributed by atoms with E-state index in [1.165, 1.54) is 18.4 Å². The van der Waals surface area contributed by atoms with Crippen molar-refractivity contribution in [1.82, 2.24) is 9.55 Å². The summed E-state index contributed by atoms with van der Waals surface area (Å²) in [6, 6.07) is 6.24. The Labute approximate surface area is 108 Å². The molecule has 2 aromatic rings. The molecule has 4 heteroatoms. The number of fused-ring (bicyclic) bond motifs is 1. The van der Waals surface area contributed by atoms with E-state index >= 15 is 0 Å². The lowest BCUT2D eigenvalue weighted by Crippen LogP contribution is -2.07. The molecule has 84 valence electrons. The molecule has 0 unspecified atom stereocenters. The third kappa shape index (κ3) is 1.74. The van der Waals surface area contributed by atoms with Crippen molar-refractivity contribution in [1.29, 1.82) is 0 Å². The van der Waals surface area contributed by atoms with Gasteiger partial charge in [0.1, 0.15) is 0 Å². The van der Waals surface area contributed by atoms with Crippen molar-refractivity contribution in [3.05, 3.63) is 27.4 Å². The summed E-state index contributed by atoms with van der Waals surface area (Å²) in [5, 5.41) is 0. The van der Waals surface area contributed by atoms with Gasteiger partial charge in [0.05, 0.1) is 11.0 Å². The van der Waals surface area contributed by atoms with Crippen LogP contribution in [-0.4, -0.2) is 9.55 Å². The molecule has 16 heavy (non-hydrogen) atoms. The third-order valence-corrected chi connectivity index (χ3v) is 4.20. The average Bonchev–Trinajstić information content (AvgIpc) is 2.88. The first kappa shape index (κ1) is 10.5. The number of hydrogen-bond donors (Lipinski definition) is 1. The van der Waals surface area contributed by atoms with Gasteiger partial charge in [0.15, 0.2) is 4.77 Å². The van der Waals surface area contributed by atoms with Crippen LogP contribution in [0.15, 0.2) is 22.7 Å². The van der Waals surface area contributed by atoms with Gasteiger partial charge >= 0.3 is 0 Å². The quantitative estimate of drug-likeness (QED) is 0.821. The minimum atomic E-state index is 0.468. The second kappa shape index (κ2) is 3.44. The van der Waals surface area contributed by atoms with Crippen molar-refractivity contribution in [2.45, 2.75) is 26.3 Å². The lowest BCUT2D eigenvalue weighted by molar-refractivity contribution is 0.469. The topological polar surface area (TPSA) is 20.7 Å². The van der Waals surface area contributed by atoms with E-state index in [0.29, 0.717) is 5.41 Å². The number of aromatic amines is 1. The van der Waals surface area contributed by atoms with E-state index in [0.717, 1.165) is 21.3 Å². The lowest BCUT2D eigenvalue weighted by atomic mass is 10.1. The van der Waals surface area contributed by atoms with Gasteiger partial charge in [-0.1, -0.05) is 22.9 Å². The Bertz CT molecular complexity index is 607. The normalized spacial score (nSPS) is 17.9. The van der Waals surface area contributed by atoms with E-state index in [9.17, 15) is 0 Å². The Balaban J connectivity index is 2.17. The number of halogens is 1. The molecule has 0 radical (unpaired) electrons. The summed E-state index contributed by atoms with van der Waals surface area (Å²) in [5.41, 5.74) is 2.79. The van der Waals surface area contributed by atoms with E-state index in [-0.39, 0.29) is 0 Å². The number of nitrogens with one attached hydrogen (secondary N) is 1. The maximum atomic E-state index is 5.38. The molecule has 1 saturated carbocycles. The van der Waals surface area contributed by atoms with Crippen molar-refractivity contribution >= 4 is 39.2 Å². The van der Waals surface area contributed by atoms with Gasteiger partial charge in [0.25, 0.3) is 0 Å². The molecule has 0 spiro atoms. The first-order valence-corrected chi connectivity index (χ1v) is 6.66. The Kier molecular flexibility index (Phi) is 2.27. The number of rotatable bonds is 2. The highest BCUT2D eigenvalue weighted by Gasteiger charge is 2.37. The molecule has 1 N–H and O–H groups in total. The van der Waals surface area contributed by atoms with Crippen LogP contribution in [0.1, 0.15) is 19.8 Å². The third-order valence-electron chi connectivity index (χ3n) is 3.38. The van der Waals surface area contributed by atoms with Crippen LogP contribution in [0.3, 0.4) is 0 Å². The number of H-pyrrole nitrogens is 1. The second-order valence-corrected chi connectivity index (χ2v) is 6.29. The molecular weight excluding hydrogens is 284 g/mol. The standard InChI is InChI=1S/C12H13BrN2S/c1-12(4-5-12)7-15-10-6-8(13)2-3-9(10)14-11(15)16/h2-3,6H,4-5,7H2,1H3,(H,14,16). The summed E-state index contributed by atoms with van der Waals surface area (Å²) in [5.74, 6) is 0. The van der Waals surface area contributed by atoms with Gasteiger partial charge in [-0.05, 0) is 48.7 Å². The van der Waals surface area contributed by atoms with E-state index in [2.05, 4.69) is 44.5 Å². The maximum Gasteiger partial charge on any atom is 0.178 e. The molecule has 1 aliphatic rings. The number of imidazole rings is 1. The van der Waals surface area contributed by atoms with Crippen molar-refractivity contribution in [2.75, 3.05) is 0 Å². The van der Waals surface area contributed by atoms with Gasteiger partial charge in [-0.15, -0.1) is 0 Å². The van der Waals surface area contributed by atoms with Crippen molar-refractivity contribution < 1.29 is 0 Å². The minimum absolute atomic E-state index is 0.468. The van der Waals surface area contributed by atoms with E-state index in [1.54, 1.807) is 0 Å². The fraction of sp³-hybridized carbons (Fsp3) is 0.417. The predicted molar refractivity (Wildman–Crippen MR) is 72.2 cm³/mol. The van der Waals surface area contributed by atoms with Crippen LogP contribution in [-0.2, 0) is 6.54 Å². The highest BCUT2D eigenvalue weighted by Crippen LogP contribution is 2.46. The number of aromatic nitrogens is 2. The molecule has 0 amide bonds. The highest BCUT2D eigenvalue weighted by atomic mass is 79.9. The van der Waals surface area contributed by atoms with Crippen molar-refractivity contribution in [3.8, 4) is 0 Å². The number of benzene rings is 1. The first-order chi connectivity index (χ1) is 7.57. The lowest BCUT2D eigenvalue weighted by Gasteiger charge is -2.10. The van der Waals surface area contributed by atoms with Crippen LogP contribution in [0.2, 0.25) is 0 Å². The second-order valence-electron chi connectivity index (χ2n) is 4.99. The fourth-order valence-corrected chi connectivity index (χ4v) is 2.66. The molecule has 3 rings (SSSR count). The molecule has 1 heterocycles. The molecule has 0 aliphatic heterocycles. The van der Waals surface area contributed by atoms with Gasteiger partial charge in [0, 0.05) is 11.0 Å². The van der Waals surface area contributed by atoms with E-state index < -0.39 is 0 Å². The summed E-state index contributed by atoms with van der Waals surface area (Å²) in [6.45, 7) is 3.36. The van der Waals surface area contributed by atoms with Gasteiger partial charge in [-0.3, -0.25) is 0 Å². The van der Waals surface area contributed by atoms with E-state index in [1.807, 2.05) is 6.07 Å². The molecule has 0 bridgehead atoms. The molecule has 2 nitrogen and oxygen atoms in total. The maximum absolute atomic E-state index is 5.38. The van der Waals surface area contributed by atoms with Crippen LogP contribution in [0.4, 0.5) is 0 Å². The summed E-state index contributed by atoms with van der Waals surface area (Å²) in [4.78, 5) is 3.26. The smallest absolute Gasteiger partial charge is 0.178 e. The van der Waals surface area contributed by atoms with Crippen LogP contribution in [0.5, 0.6) is 0 Å². The molecule has 1 aliphatic carbocycles. The average molecular weight is 297 g/mol. The first-order valence-electron chi connectivity index (χ1n) is 5.46. The van der Waals surface area contributed by atoms with Gasteiger partial charge in [0.2, 0.25) is 0 Å². The molecule has 1 aromatic heterocycles. The van der Waals surface area contributed by atoms with Crippen LogP contribution >= 0.6 is 28.1 Å². The Morgan fingerprint density at radius 2 is 2.25 bits per heavy atom. The zero-order valence-corrected chi connectivity index (χ0v) is 11.5. The Morgan fingerprint density at radius 3 is 2.94 bits per heavy atom. The molecule has 0 atom stereocenters. The van der Waals surface area contributed by atoms with Gasteiger partial charge in [-0.2, -0.15) is 0 Å². The van der Waals surface area contributed by atoms with Crippen LogP contribution in [0.25, 0.3) is 11.0 Å². The highest BCUT2D eigenvalue weighted by molar-refractivity contribution is 9.10. The molecular formula is C12H13BrN2S. The zero-order valence-electron chi connectivity index (χ0n) is 9.09. The number of hydrogen-bond acceptors (Lipinski definition) is 1. The van der Waals surface area contributed by atoms with Gasteiger partial charge < -0.3 is 9.55 Å². The van der Waals surface area contributed by atoms with E-state index in [4.69, 9.17) is 12.2 Å². The van der Waals surface area contributed by atoms with Crippen molar-refractivity contribution in [2.24, 2.45) is 5.41 Å². The fourth-order valence-electron chi connectivity index (χ4n) is 2.04. The van der Waals surface area contributed by atoms with Crippen LogP contribution < -0.4 is 0 Å². The van der Waals surface area contributed by atoms with Crippen LogP contribution in [0, 0.1) is 10.2 Å². The van der Waals surface area contributed by atoms with Crippen molar-refractivity contribution in [3.63, 3.8) is 0 Å². The zero-order chi connectivity index (χ0) is 11.3. The molecule has 0 saturated heterocycles. The molecule has 1 fully saturated rings. The number of nitrogens with zero attached hydrogens (tertiary/aromatic N) is 1. The Morgan fingerprint density at radius 1 is 1.50 bits per heavy atom. The largest absolute Gasteiger partial charge is 0.331 e. The summed E-state index contributed by atoms with van der Waals surface area (Å²) in [6.07, 6.45) is 2.63. The summed E-state index contributed by atoms with van der Waals surface area (Å²) >= 11 is 8.89. The van der Waals surface area contributed by atoms with Gasteiger partial charge in [-0.25, -0.2) is 0 Å². The molecule has 1 aromatic carbocycles. The predicted octanol–water partition coefficient (Wildman–Crippen LogP) is 4.26. The minimum Gasteiger partial charge on any atom is -0.331 e. The SMILES string of the molecule is CC1(Cn2c(=S)[nH]c3ccc(Br)cc32)CC1. The summed E-state index contributed by atoms with van der Waals surface area (Å²) in [7, 11) is 0.